The van der Waals surface area contributed by atoms with Crippen molar-refractivity contribution in [1.82, 2.24) is 0 Å². The first-order chi connectivity index (χ1) is 9.60. The molecule has 0 radical (unpaired) electrons. The van der Waals surface area contributed by atoms with Crippen molar-refractivity contribution in [3.63, 3.8) is 0 Å². The Morgan fingerprint density at radius 1 is 1.05 bits per heavy atom. The minimum absolute atomic E-state index is 0.398. The van der Waals surface area contributed by atoms with Crippen molar-refractivity contribution in [1.29, 1.82) is 0 Å². The molecular formula is C15H17Cl2NOTi. The Hall–Kier alpha value is -0.666. The molecule has 2 rings (SSSR count). The molecule has 106 valence electrons. The number of para-hydroxylation sites is 2. The van der Waals surface area contributed by atoms with Crippen LogP contribution in [0.15, 0.2) is 48.5 Å². The summed E-state index contributed by atoms with van der Waals surface area (Å²) in [6.45, 7) is 2.62. The molecule has 2 nitrogen and oxygen atoms in total. The van der Waals surface area contributed by atoms with Gasteiger partial charge in [0.2, 0.25) is 0 Å². The molecule has 5 heteroatoms. The van der Waals surface area contributed by atoms with E-state index >= 15 is 0 Å². The van der Waals surface area contributed by atoms with Gasteiger partial charge in [0.15, 0.2) is 0 Å². The van der Waals surface area contributed by atoms with Gasteiger partial charge in [0.25, 0.3) is 0 Å². The van der Waals surface area contributed by atoms with Crippen LogP contribution >= 0.6 is 18.6 Å². The molecule has 2 aromatic rings. The number of phenolic OH excluding ortho intramolecular Hbond substituents is 1. The van der Waals surface area contributed by atoms with E-state index in [1.54, 1.807) is 0 Å². The molecule has 0 aliphatic heterocycles. The van der Waals surface area contributed by atoms with Gasteiger partial charge in [0.1, 0.15) is 5.75 Å². The van der Waals surface area contributed by atoms with Crippen LogP contribution in [-0.2, 0) is 23.6 Å². The number of benzene rings is 2. The first kappa shape index (κ1) is 17.4. The molecule has 0 saturated carbocycles. The van der Waals surface area contributed by atoms with Crippen molar-refractivity contribution >= 4 is 24.3 Å². The normalized spacial score (nSPS) is 9.40. The fraction of sp³-hybridized carbons (Fsp3) is 0.200. The Morgan fingerprint density at radius 2 is 1.65 bits per heavy atom. The summed E-state index contributed by atoms with van der Waals surface area (Å²) < 4.78 is 0. The van der Waals surface area contributed by atoms with Crippen LogP contribution in [0.2, 0.25) is 0 Å². The van der Waals surface area contributed by atoms with E-state index in [1.165, 1.54) is 0 Å². The first-order valence-corrected chi connectivity index (χ1v) is 10.4. The molecule has 0 unspecified atom stereocenters. The van der Waals surface area contributed by atoms with Crippen molar-refractivity contribution in [2.75, 3.05) is 11.9 Å². The predicted octanol–water partition coefficient (Wildman–Crippen LogP) is 4.71. The van der Waals surface area contributed by atoms with E-state index in [2.05, 4.69) is 17.0 Å². The zero-order chi connectivity index (χ0) is 15.0. The number of anilines is 1. The third-order valence-electron chi connectivity index (χ3n) is 2.93. The molecular weight excluding hydrogens is 329 g/mol. The summed E-state index contributed by atoms with van der Waals surface area (Å²) >= 11 is -0.556. The standard InChI is InChI=1S/C15H17NO.2ClH.Ti/c1-12-7-6-8-13(15(12)17)11-16(2)14-9-4-3-5-10-14;;;/h3-10,17H,11H2,1-2H3;2*1H;/q;;;+2/p-2. The quantitative estimate of drug-likeness (QED) is 0.814. The molecule has 0 saturated heterocycles. The van der Waals surface area contributed by atoms with Crippen LogP contribution in [0.1, 0.15) is 11.1 Å². The minimum atomic E-state index is -0.556. The van der Waals surface area contributed by atoms with Gasteiger partial charge in [0, 0.05) is 24.8 Å². The van der Waals surface area contributed by atoms with Crippen molar-refractivity contribution in [3.8, 4) is 5.75 Å². The molecule has 0 spiro atoms. The molecule has 0 aliphatic rings. The number of halogens is 2. The Morgan fingerprint density at radius 3 is 2.25 bits per heavy atom. The van der Waals surface area contributed by atoms with Gasteiger partial charge in [-0.2, -0.15) is 0 Å². The van der Waals surface area contributed by atoms with Crippen LogP contribution < -0.4 is 4.90 Å². The average molecular weight is 346 g/mol. The van der Waals surface area contributed by atoms with E-state index < -0.39 is 17.0 Å². The second-order valence-corrected chi connectivity index (χ2v) is 6.92. The van der Waals surface area contributed by atoms with Crippen LogP contribution in [0, 0.1) is 6.92 Å². The third kappa shape index (κ3) is 5.37. The molecule has 20 heavy (non-hydrogen) atoms. The summed E-state index contributed by atoms with van der Waals surface area (Å²) in [7, 11) is 11.8. The Bertz CT molecular complexity index is 523. The molecule has 0 amide bonds. The van der Waals surface area contributed by atoms with E-state index in [1.807, 2.05) is 50.4 Å². The van der Waals surface area contributed by atoms with Gasteiger partial charge in [-0.3, -0.25) is 0 Å². The SMILES string of the molecule is Cc1cccc(CN(C)c2ccccc2)c1O.[Cl][Ti][Cl]. The summed E-state index contributed by atoms with van der Waals surface area (Å²) in [6, 6.07) is 16.0. The monoisotopic (exact) mass is 345 g/mol. The van der Waals surface area contributed by atoms with Crippen molar-refractivity contribution < 1.29 is 22.1 Å². The van der Waals surface area contributed by atoms with Gasteiger partial charge >= 0.3 is 35.6 Å². The zero-order valence-corrected chi connectivity index (χ0v) is 14.5. The van der Waals surface area contributed by atoms with Crippen molar-refractivity contribution in [2.45, 2.75) is 13.5 Å². The van der Waals surface area contributed by atoms with Crippen LogP contribution in [0.5, 0.6) is 5.75 Å². The van der Waals surface area contributed by atoms with Gasteiger partial charge < -0.3 is 10.0 Å². The molecule has 0 aromatic heterocycles. The number of phenols is 1. The van der Waals surface area contributed by atoms with Crippen LogP contribution in [-0.4, -0.2) is 12.2 Å². The molecule has 0 fully saturated rings. The van der Waals surface area contributed by atoms with Gasteiger partial charge in [-0.1, -0.05) is 36.4 Å². The third-order valence-corrected chi connectivity index (χ3v) is 2.93. The Kier molecular flexibility index (Phi) is 8.09. The summed E-state index contributed by atoms with van der Waals surface area (Å²) in [6.07, 6.45) is 0. The number of nitrogens with zero attached hydrogens (tertiary/aromatic N) is 1. The second kappa shape index (κ2) is 9.30. The maximum absolute atomic E-state index is 9.97. The number of hydrogen-bond acceptors (Lipinski definition) is 2. The summed E-state index contributed by atoms with van der Waals surface area (Å²) in [5.74, 6) is 0.398. The van der Waals surface area contributed by atoms with E-state index in [4.69, 9.17) is 18.6 Å². The van der Waals surface area contributed by atoms with Gasteiger partial charge in [0.05, 0.1) is 0 Å². The van der Waals surface area contributed by atoms with Crippen molar-refractivity contribution in [2.24, 2.45) is 0 Å². The first-order valence-electron chi connectivity index (χ1n) is 6.10. The molecule has 0 bridgehead atoms. The Labute approximate surface area is 137 Å². The molecule has 1 N–H and O–H groups in total. The van der Waals surface area contributed by atoms with E-state index in [9.17, 15) is 5.11 Å². The fourth-order valence-corrected chi connectivity index (χ4v) is 1.88. The molecule has 0 atom stereocenters. The molecule has 2 aromatic carbocycles. The summed E-state index contributed by atoms with van der Waals surface area (Å²) in [5.41, 5.74) is 3.02. The number of aromatic hydroxyl groups is 1. The second-order valence-electron chi connectivity index (χ2n) is 4.35. The summed E-state index contributed by atoms with van der Waals surface area (Å²) in [4.78, 5) is 2.12. The average Bonchev–Trinajstić information content (AvgIpc) is 2.46. The number of hydrogen-bond donors (Lipinski definition) is 1. The van der Waals surface area contributed by atoms with Crippen LogP contribution in [0.25, 0.3) is 0 Å². The number of rotatable bonds is 3. The van der Waals surface area contributed by atoms with Gasteiger partial charge in [-0.25, -0.2) is 0 Å². The zero-order valence-electron chi connectivity index (χ0n) is 11.5. The number of aryl methyl sites for hydroxylation is 1. The fourth-order valence-electron chi connectivity index (χ4n) is 1.88. The molecule has 0 aliphatic carbocycles. The maximum atomic E-state index is 9.97. The van der Waals surface area contributed by atoms with Gasteiger partial charge in [-0.05, 0) is 24.6 Å². The van der Waals surface area contributed by atoms with Gasteiger partial charge in [-0.15, -0.1) is 0 Å². The van der Waals surface area contributed by atoms with E-state index in [-0.39, 0.29) is 0 Å². The predicted molar refractivity (Wildman–Crippen MR) is 83.1 cm³/mol. The summed E-state index contributed by atoms with van der Waals surface area (Å²) in [5, 5.41) is 9.97. The van der Waals surface area contributed by atoms with E-state index in [0.29, 0.717) is 12.3 Å². The molecule has 0 heterocycles. The Balaban J connectivity index is 0.000000612. The van der Waals surface area contributed by atoms with Crippen molar-refractivity contribution in [3.05, 3.63) is 59.7 Å². The van der Waals surface area contributed by atoms with Crippen LogP contribution in [0.3, 0.4) is 0 Å². The topological polar surface area (TPSA) is 23.5 Å². The van der Waals surface area contributed by atoms with Crippen LogP contribution in [0.4, 0.5) is 5.69 Å². The van der Waals surface area contributed by atoms with E-state index in [0.717, 1.165) is 16.8 Å².